The van der Waals surface area contributed by atoms with Crippen molar-refractivity contribution in [3.05, 3.63) is 89.5 Å². The fourth-order valence-electron chi connectivity index (χ4n) is 3.13. The minimum absolute atomic E-state index is 0.0962. The van der Waals surface area contributed by atoms with E-state index in [1.54, 1.807) is 24.3 Å². The Labute approximate surface area is 199 Å². The first-order valence-electron chi connectivity index (χ1n) is 10.4. The SMILES string of the molecule is COc1cc(/C=N/NC(=O)c2ccc(Cn3nnc(-c4ccccc4)n3)cc2)ccc1OC(F)F. The quantitative estimate of drug-likeness (QED) is 0.290. The van der Waals surface area contributed by atoms with Gasteiger partial charge in [0.1, 0.15) is 0 Å². The largest absolute Gasteiger partial charge is 0.493 e. The van der Waals surface area contributed by atoms with Crippen molar-refractivity contribution in [1.29, 1.82) is 0 Å². The molecule has 35 heavy (non-hydrogen) atoms. The van der Waals surface area contributed by atoms with Crippen LogP contribution < -0.4 is 14.9 Å². The van der Waals surface area contributed by atoms with Crippen molar-refractivity contribution in [2.45, 2.75) is 13.2 Å². The molecular formula is C24H20F2N6O3. The number of rotatable bonds is 9. The van der Waals surface area contributed by atoms with Gasteiger partial charge in [-0.15, -0.1) is 10.2 Å². The Morgan fingerprint density at radius 1 is 1.09 bits per heavy atom. The van der Waals surface area contributed by atoms with Crippen LogP contribution in [0.2, 0.25) is 0 Å². The summed E-state index contributed by atoms with van der Waals surface area (Å²) in [4.78, 5) is 13.9. The van der Waals surface area contributed by atoms with E-state index in [0.29, 0.717) is 23.5 Å². The summed E-state index contributed by atoms with van der Waals surface area (Å²) in [5, 5.41) is 16.4. The Morgan fingerprint density at radius 2 is 1.86 bits per heavy atom. The number of tetrazole rings is 1. The molecule has 0 radical (unpaired) electrons. The van der Waals surface area contributed by atoms with Crippen LogP contribution in [0.15, 0.2) is 77.9 Å². The molecular weight excluding hydrogens is 458 g/mol. The summed E-state index contributed by atoms with van der Waals surface area (Å²) in [6, 6.07) is 20.7. The summed E-state index contributed by atoms with van der Waals surface area (Å²) in [6.07, 6.45) is 1.36. The molecule has 0 saturated carbocycles. The van der Waals surface area contributed by atoms with Crippen molar-refractivity contribution in [1.82, 2.24) is 25.6 Å². The van der Waals surface area contributed by atoms with Crippen LogP contribution >= 0.6 is 0 Å². The predicted molar refractivity (Wildman–Crippen MR) is 123 cm³/mol. The molecule has 4 aromatic rings. The van der Waals surface area contributed by atoms with Gasteiger partial charge in [0.15, 0.2) is 11.5 Å². The fourth-order valence-corrected chi connectivity index (χ4v) is 3.13. The summed E-state index contributed by atoms with van der Waals surface area (Å²) in [5.41, 5.74) is 5.11. The minimum Gasteiger partial charge on any atom is -0.493 e. The van der Waals surface area contributed by atoms with Crippen molar-refractivity contribution >= 4 is 12.1 Å². The van der Waals surface area contributed by atoms with Crippen LogP contribution in [0.5, 0.6) is 11.5 Å². The number of amides is 1. The maximum atomic E-state index is 12.4. The number of alkyl halides is 2. The zero-order valence-corrected chi connectivity index (χ0v) is 18.5. The Kier molecular flexibility index (Phi) is 7.36. The van der Waals surface area contributed by atoms with E-state index in [9.17, 15) is 13.6 Å². The summed E-state index contributed by atoms with van der Waals surface area (Å²) in [7, 11) is 1.33. The molecule has 0 aliphatic carbocycles. The number of hydrazone groups is 1. The Balaban J connectivity index is 1.34. The molecule has 0 atom stereocenters. The van der Waals surface area contributed by atoms with Gasteiger partial charge in [0.05, 0.1) is 19.9 Å². The summed E-state index contributed by atoms with van der Waals surface area (Å²) >= 11 is 0. The van der Waals surface area contributed by atoms with Gasteiger partial charge < -0.3 is 9.47 Å². The minimum atomic E-state index is -2.96. The second-order valence-electron chi connectivity index (χ2n) is 7.19. The number of carbonyl (C=O) groups excluding carboxylic acids is 1. The highest BCUT2D eigenvalue weighted by Crippen LogP contribution is 2.28. The first kappa shape index (κ1) is 23.5. The van der Waals surface area contributed by atoms with Crippen LogP contribution in [0.3, 0.4) is 0 Å². The standard InChI is InChI=1S/C24H20F2N6O3/c1-34-21-13-17(9-12-20(21)35-24(25)26)14-27-29-23(33)19-10-7-16(8-11-19)15-32-30-22(28-31-32)18-5-3-2-4-6-18/h2-14,24H,15H2,1H3,(H,29,33)/b27-14+. The van der Waals surface area contributed by atoms with Gasteiger partial charge in [0.25, 0.3) is 5.91 Å². The molecule has 3 aromatic carbocycles. The lowest BCUT2D eigenvalue weighted by molar-refractivity contribution is -0.0512. The van der Waals surface area contributed by atoms with Crippen LogP contribution in [-0.4, -0.2) is 46.1 Å². The fraction of sp³-hybridized carbons (Fsp3) is 0.125. The molecule has 0 aliphatic heterocycles. The summed E-state index contributed by atoms with van der Waals surface area (Å²) in [5.74, 6) is 0.144. The van der Waals surface area contributed by atoms with E-state index < -0.39 is 12.5 Å². The average Bonchev–Trinajstić information content (AvgIpc) is 3.34. The van der Waals surface area contributed by atoms with Crippen LogP contribution in [-0.2, 0) is 6.54 Å². The van der Waals surface area contributed by atoms with E-state index in [2.05, 4.69) is 30.7 Å². The van der Waals surface area contributed by atoms with Gasteiger partial charge in [-0.05, 0) is 46.7 Å². The van der Waals surface area contributed by atoms with Gasteiger partial charge in [-0.25, -0.2) is 5.43 Å². The molecule has 0 fully saturated rings. The van der Waals surface area contributed by atoms with Crippen molar-refractivity contribution in [3.8, 4) is 22.9 Å². The van der Waals surface area contributed by atoms with Crippen LogP contribution in [0.1, 0.15) is 21.5 Å². The molecule has 9 nitrogen and oxygen atoms in total. The van der Waals surface area contributed by atoms with Gasteiger partial charge in [0.2, 0.25) is 5.82 Å². The third kappa shape index (κ3) is 6.22. The van der Waals surface area contributed by atoms with Gasteiger partial charge in [-0.1, -0.05) is 42.5 Å². The first-order valence-corrected chi connectivity index (χ1v) is 10.4. The summed E-state index contributed by atoms with van der Waals surface area (Å²) in [6.45, 7) is -2.57. The van der Waals surface area contributed by atoms with Gasteiger partial charge in [0, 0.05) is 11.1 Å². The van der Waals surface area contributed by atoms with E-state index in [1.165, 1.54) is 36.3 Å². The number of nitrogens with one attached hydrogen (secondary N) is 1. The third-order valence-electron chi connectivity index (χ3n) is 4.81. The van der Waals surface area contributed by atoms with Crippen molar-refractivity contribution in [3.63, 3.8) is 0 Å². The zero-order chi connectivity index (χ0) is 24.6. The number of ether oxygens (including phenoxy) is 2. The second kappa shape index (κ2) is 11.0. The number of carbonyl (C=O) groups is 1. The highest BCUT2D eigenvalue weighted by molar-refractivity contribution is 5.95. The molecule has 11 heteroatoms. The Bertz CT molecular complexity index is 1310. The lowest BCUT2D eigenvalue weighted by Crippen LogP contribution is -2.17. The van der Waals surface area contributed by atoms with E-state index in [-0.39, 0.29) is 11.5 Å². The van der Waals surface area contributed by atoms with Gasteiger partial charge in [-0.3, -0.25) is 4.79 Å². The second-order valence-corrected chi connectivity index (χ2v) is 7.19. The normalized spacial score (nSPS) is 11.1. The molecule has 0 unspecified atom stereocenters. The maximum Gasteiger partial charge on any atom is 0.387 e. The van der Waals surface area contributed by atoms with Crippen molar-refractivity contribution in [2.75, 3.05) is 7.11 Å². The molecule has 1 amide bonds. The lowest BCUT2D eigenvalue weighted by Gasteiger charge is -2.09. The zero-order valence-electron chi connectivity index (χ0n) is 18.5. The smallest absolute Gasteiger partial charge is 0.387 e. The monoisotopic (exact) mass is 478 g/mol. The molecule has 178 valence electrons. The first-order chi connectivity index (χ1) is 17.0. The number of halogens is 2. The molecule has 1 heterocycles. The van der Waals surface area contributed by atoms with E-state index >= 15 is 0 Å². The molecule has 1 aromatic heterocycles. The number of hydrogen-bond donors (Lipinski definition) is 1. The highest BCUT2D eigenvalue weighted by atomic mass is 19.3. The molecule has 0 saturated heterocycles. The number of hydrogen-bond acceptors (Lipinski definition) is 7. The Morgan fingerprint density at radius 3 is 2.57 bits per heavy atom. The predicted octanol–water partition coefficient (Wildman–Crippen LogP) is 3.76. The van der Waals surface area contributed by atoms with Crippen LogP contribution in [0, 0.1) is 0 Å². The number of methoxy groups -OCH3 is 1. The third-order valence-corrected chi connectivity index (χ3v) is 4.81. The number of aromatic nitrogens is 4. The molecule has 1 N–H and O–H groups in total. The lowest BCUT2D eigenvalue weighted by atomic mass is 10.1. The maximum absolute atomic E-state index is 12.4. The average molecular weight is 478 g/mol. The molecule has 0 bridgehead atoms. The van der Waals surface area contributed by atoms with Crippen molar-refractivity contribution < 1.29 is 23.0 Å². The van der Waals surface area contributed by atoms with Crippen LogP contribution in [0.4, 0.5) is 8.78 Å². The van der Waals surface area contributed by atoms with Gasteiger partial charge >= 0.3 is 6.61 Å². The highest BCUT2D eigenvalue weighted by Gasteiger charge is 2.11. The van der Waals surface area contributed by atoms with Crippen LogP contribution in [0.25, 0.3) is 11.4 Å². The molecule has 0 aliphatic rings. The molecule has 0 spiro atoms. The van der Waals surface area contributed by atoms with Crippen molar-refractivity contribution in [2.24, 2.45) is 5.10 Å². The van der Waals surface area contributed by atoms with E-state index in [4.69, 9.17) is 4.74 Å². The molecule has 4 rings (SSSR count). The van der Waals surface area contributed by atoms with E-state index in [0.717, 1.165) is 11.1 Å². The Hall–Kier alpha value is -4.67. The number of benzene rings is 3. The number of nitrogens with zero attached hydrogens (tertiary/aromatic N) is 5. The van der Waals surface area contributed by atoms with Gasteiger partial charge in [-0.2, -0.15) is 18.7 Å². The topological polar surface area (TPSA) is 104 Å². The van der Waals surface area contributed by atoms with E-state index in [1.807, 2.05) is 30.3 Å². The summed E-state index contributed by atoms with van der Waals surface area (Å²) < 4.78 is 34.3.